The zero-order chi connectivity index (χ0) is 16.0. The molecule has 21 heavy (non-hydrogen) atoms. The van der Waals surface area contributed by atoms with Crippen LogP contribution in [0.15, 0.2) is 18.2 Å². The van der Waals surface area contributed by atoms with Crippen LogP contribution in [0.4, 0.5) is 5.69 Å². The van der Waals surface area contributed by atoms with Gasteiger partial charge in [0.15, 0.2) is 0 Å². The Morgan fingerprint density at radius 3 is 2.43 bits per heavy atom. The van der Waals surface area contributed by atoms with E-state index in [1.54, 1.807) is 25.1 Å². The second-order valence-electron chi connectivity index (χ2n) is 5.51. The van der Waals surface area contributed by atoms with Crippen molar-refractivity contribution in [3.63, 3.8) is 0 Å². The smallest absolute Gasteiger partial charge is 0.252 e. The first-order valence-electron chi connectivity index (χ1n) is 7.01. The van der Waals surface area contributed by atoms with Crippen molar-refractivity contribution < 1.29 is 9.59 Å². The Labute approximate surface area is 125 Å². The lowest BCUT2D eigenvalue weighted by atomic mass is 10.1. The van der Waals surface area contributed by atoms with Gasteiger partial charge in [-0.1, -0.05) is 13.8 Å². The van der Waals surface area contributed by atoms with Crippen molar-refractivity contribution in [3.05, 3.63) is 29.3 Å². The first-order chi connectivity index (χ1) is 9.85. The average molecular weight is 292 g/mol. The molecule has 2 amide bonds. The van der Waals surface area contributed by atoms with Crippen molar-refractivity contribution >= 4 is 17.5 Å². The molecule has 0 heterocycles. The topological polar surface area (TPSA) is 96.2 Å². The third kappa shape index (κ3) is 5.07. The van der Waals surface area contributed by atoms with Crippen LogP contribution in [-0.2, 0) is 4.79 Å². The molecule has 5 N–H and O–H groups in total. The maximum atomic E-state index is 12.2. The van der Waals surface area contributed by atoms with Crippen LogP contribution in [0.2, 0.25) is 0 Å². The van der Waals surface area contributed by atoms with Crippen molar-refractivity contribution in [3.8, 4) is 0 Å². The molecular formula is C15H24N4O2. The highest BCUT2D eigenvalue weighted by molar-refractivity contribution is 5.98. The molecule has 0 radical (unpaired) electrons. The van der Waals surface area contributed by atoms with Crippen molar-refractivity contribution in [1.82, 2.24) is 10.6 Å². The number of nitrogen functional groups attached to an aromatic ring is 1. The standard InChI is InChI=1S/C15H24N4O2/c1-9(2)8-17-14(20)11(4)18-15(21)13-6-5-12(19-16)7-10(13)3/h5-7,9,11,19H,8,16H2,1-4H3,(H,17,20)(H,18,21). The SMILES string of the molecule is Cc1cc(NN)ccc1C(=O)NC(C)C(=O)NCC(C)C. The van der Waals surface area contributed by atoms with E-state index in [4.69, 9.17) is 5.84 Å². The molecule has 1 unspecified atom stereocenters. The summed E-state index contributed by atoms with van der Waals surface area (Å²) in [5.41, 5.74) is 4.57. The molecule has 0 aliphatic rings. The minimum Gasteiger partial charge on any atom is -0.354 e. The minimum atomic E-state index is -0.581. The monoisotopic (exact) mass is 292 g/mol. The van der Waals surface area contributed by atoms with Crippen molar-refractivity contribution in [2.75, 3.05) is 12.0 Å². The van der Waals surface area contributed by atoms with E-state index in [1.165, 1.54) is 0 Å². The third-order valence-corrected chi connectivity index (χ3v) is 3.06. The summed E-state index contributed by atoms with van der Waals surface area (Å²) < 4.78 is 0. The van der Waals surface area contributed by atoms with Crippen LogP contribution in [0.25, 0.3) is 0 Å². The van der Waals surface area contributed by atoms with Gasteiger partial charge in [0.25, 0.3) is 5.91 Å². The summed E-state index contributed by atoms with van der Waals surface area (Å²) in [5.74, 6) is 5.23. The zero-order valence-electron chi connectivity index (χ0n) is 13.0. The molecule has 0 aliphatic carbocycles. The Kier molecular flexibility index (Phi) is 6.17. The lowest BCUT2D eigenvalue weighted by molar-refractivity contribution is -0.122. The first-order valence-corrected chi connectivity index (χ1v) is 7.01. The van der Waals surface area contributed by atoms with Gasteiger partial charge < -0.3 is 16.1 Å². The second kappa shape index (κ2) is 7.64. The Balaban J connectivity index is 2.66. The van der Waals surface area contributed by atoms with Crippen LogP contribution in [-0.4, -0.2) is 24.4 Å². The highest BCUT2D eigenvalue weighted by Gasteiger charge is 2.17. The molecule has 0 aliphatic heterocycles. The summed E-state index contributed by atoms with van der Waals surface area (Å²) >= 11 is 0. The third-order valence-electron chi connectivity index (χ3n) is 3.06. The number of benzene rings is 1. The van der Waals surface area contributed by atoms with E-state index in [0.29, 0.717) is 18.0 Å². The second-order valence-corrected chi connectivity index (χ2v) is 5.51. The molecule has 6 heteroatoms. The molecule has 6 nitrogen and oxygen atoms in total. The number of rotatable bonds is 6. The van der Waals surface area contributed by atoms with E-state index < -0.39 is 6.04 Å². The van der Waals surface area contributed by atoms with Crippen molar-refractivity contribution in [2.24, 2.45) is 11.8 Å². The van der Waals surface area contributed by atoms with Gasteiger partial charge >= 0.3 is 0 Å². The van der Waals surface area contributed by atoms with Gasteiger partial charge in [-0.05, 0) is 43.5 Å². The van der Waals surface area contributed by atoms with E-state index in [0.717, 1.165) is 11.3 Å². The number of aryl methyl sites for hydroxylation is 1. The number of hydrazine groups is 1. The summed E-state index contributed by atoms with van der Waals surface area (Å²) in [4.78, 5) is 24.0. The fourth-order valence-electron chi connectivity index (χ4n) is 1.81. The van der Waals surface area contributed by atoms with Crippen LogP contribution < -0.4 is 21.9 Å². The summed E-state index contributed by atoms with van der Waals surface area (Å²) in [5, 5.41) is 5.49. The highest BCUT2D eigenvalue weighted by atomic mass is 16.2. The molecule has 1 aromatic rings. The molecule has 0 bridgehead atoms. The van der Waals surface area contributed by atoms with E-state index in [-0.39, 0.29) is 11.8 Å². The van der Waals surface area contributed by atoms with E-state index in [9.17, 15) is 9.59 Å². The first kappa shape index (κ1) is 17.0. The number of nitrogens with one attached hydrogen (secondary N) is 3. The van der Waals surface area contributed by atoms with Crippen LogP contribution in [0.5, 0.6) is 0 Å². The summed E-state index contributed by atoms with van der Waals surface area (Å²) in [6.45, 7) is 8.10. The lowest BCUT2D eigenvalue weighted by Gasteiger charge is -2.16. The highest BCUT2D eigenvalue weighted by Crippen LogP contribution is 2.14. The zero-order valence-corrected chi connectivity index (χ0v) is 13.0. The van der Waals surface area contributed by atoms with Crippen LogP contribution >= 0.6 is 0 Å². The minimum absolute atomic E-state index is 0.185. The van der Waals surface area contributed by atoms with Gasteiger partial charge in [-0.3, -0.25) is 15.4 Å². The van der Waals surface area contributed by atoms with Gasteiger partial charge in [0.2, 0.25) is 5.91 Å². The largest absolute Gasteiger partial charge is 0.354 e. The van der Waals surface area contributed by atoms with Crippen LogP contribution in [0.3, 0.4) is 0 Å². The molecule has 0 saturated heterocycles. The molecule has 1 atom stereocenters. The molecule has 1 aromatic carbocycles. The Hall–Kier alpha value is -2.08. The van der Waals surface area contributed by atoms with E-state index in [2.05, 4.69) is 16.1 Å². The number of amides is 2. The molecule has 116 valence electrons. The summed E-state index contributed by atoms with van der Waals surface area (Å²) in [6.07, 6.45) is 0. The predicted molar refractivity (Wildman–Crippen MR) is 83.8 cm³/mol. The lowest BCUT2D eigenvalue weighted by Crippen LogP contribution is -2.45. The summed E-state index contributed by atoms with van der Waals surface area (Å²) in [6, 6.07) is 4.59. The fourth-order valence-corrected chi connectivity index (χ4v) is 1.81. The van der Waals surface area contributed by atoms with Gasteiger partial charge in [-0.2, -0.15) is 0 Å². The predicted octanol–water partition coefficient (Wildman–Crippen LogP) is 1.17. The van der Waals surface area contributed by atoms with Crippen LogP contribution in [0.1, 0.15) is 36.7 Å². The number of anilines is 1. The Morgan fingerprint density at radius 2 is 1.90 bits per heavy atom. The Morgan fingerprint density at radius 1 is 1.24 bits per heavy atom. The number of hydrogen-bond acceptors (Lipinski definition) is 4. The van der Waals surface area contributed by atoms with Gasteiger partial charge in [0.05, 0.1) is 0 Å². The average Bonchev–Trinajstić information content (AvgIpc) is 2.43. The van der Waals surface area contributed by atoms with Crippen molar-refractivity contribution in [2.45, 2.75) is 33.7 Å². The van der Waals surface area contributed by atoms with Gasteiger partial charge in [-0.15, -0.1) is 0 Å². The quantitative estimate of drug-likeness (QED) is 0.467. The maximum Gasteiger partial charge on any atom is 0.252 e. The maximum absolute atomic E-state index is 12.2. The molecule has 0 spiro atoms. The summed E-state index contributed by atoms with van der Waals surface area (Å²) in [7, 11) is 0. The molecule has 1 rings (SSSR count). The van der Waals surface area contributed by atoms with Gasteiger partial charge in [-0.25, -0.2) is 0 Å². The number of hydrogen-bond donors (Lipinski definition) is 4. The molecule has 0 saturated carbocycles. The van der Waals surface area contributed by atoms with Crippen molar-refractivity contribution in [1.29, 1.82) is 0 Å². The molecule has 0 aromatic heterocycles. The van der Waals surface area contributed by atoms with E-state index >= 15 is 0 Å². The van der Waals surface area contributed by atoms with Crippen LogP contribution in [0, 0.1) is 12.8 Å². The fraction of sp³-hybridized carbons (Fsp3) is 0.467. The molecule has 0 fully saturated rings. The van der Waals surface area contributed by atoms with Gasteiger partial charge in [0.1, 0.15) is 6.04 Å². The van der Waals surface area contributed by atoms with Gasteiger partial charge in [0, 0.05) is 17.8 Å². The number of carbonyl (C=O) groups excluding carboxylic acids is 2. The Bertz CT molecular complexity index is 514. The normalized spacial score (nSPS) is 11.9. The van der Waals surface area contributed by atoms with E-state index in [1.807, 2.05) is 20.8 Å². The number of nitrogens with two attached hydrogens (primary N) is 1. The number of carbonyl (C=O) groups is 2. The molecular weight excluding hydrogens is 268 g/mol.